The van der Waals surface area contributed by atoms with Crippen LogP contribution in [0.4, 0.5) is 19.3 Å². The monoisotopic (exact) mass is 543 g/mol. The maximum absolute atomic E-state index is 13.9. The molecule has 12 heteroatoms. The molecule has 0 aliphatic carbocycles. The van der Waals surface area contributed by atoms with Crippen LogP contribution in [-0.4, -0.2) is 60.4 Å². The summed E-state index contributed by atoms with van der Waals surface area (Å²) in [7, 11) is 1.53. The van der Waals surface area contributed by atoms with E-state index < -0.39 is 53.5 Å². The Morgan fingerprint density at radius 3 is 2.41 bits per heavy atom. The standard InChI is InChI=1S/C27H31F2N5O5/c1-15(2)10-24(35)34-14-18(31-27(38)33-21-9-6-17(28)12-20(21)29)13-23(34)26(37)32-22(25(30)36)11-16-4-7-19(39-3)8-5-16/h4-10,12,18,22-23H,11,13-14H2,1-3H3,(H2,30,36)(H,32,37)(H2,31,33,38)/t18-,22-,23-/m0/s1. The van der Waals surface area contributed by atoms with Gasteiger partial charge in [-0.3, -0.25) is 14.4 Å². The van der Waals surface area contributed by atoms with E-state index in [1.807, 2.05) is 0 Å². The number of rotatable bonds is 9. The Kier molecular flexibility index (Phi) is 9.58. The van der Waals surface area contributed by atoms with Crippen LogP contribution in [0.5, 0.6) is 5.75 Å². The van der Waals surface area contributed by atoms with Crippen LogP contribution in [0, 0.1) is 11.6 Å². The SMILES string of the molecule is COc1ccc(C[C@H](NC(=O)[C@@H]2C[C@H](NC(=O)Nc3ccc(F)cc3F)CN2C(=O)C=C(C)C)C(N)=O)cc1. The Labute approximate surface area is 224 Å². The number of nitrogens with zero attached hydrogens (tertiary/aromatic N) is 1. The molecule has 0 radical (unpaired) electrons. The summed E-state index contributed by atoms with van der Waals surface area (Å²) in [6.45, 7) is 3.43. The quantitative estimate of drug-likeness (QED) is 0.359. The molecule has 1 aliphatic rings. The third-order valence-electron chi connectivity index (χ3n) is 6.07. The summed E-state index contributed by atoms with van der Waals surface area (Å²) >= 11 is 0. The fourth-order valence-electron chi connectivity index (χ4n) is 4.19. The highest BCUT2D eigenvalue weighted by Gasteiger charge is 2.40. The average molecular weight is 544 g/mol. The second-order valence-electron chi connectivity index (χ2n) is 9.40. The summed E-state index contributed by atoms with van der Waals surface area (Å²) in [6.07, 6.45) is 1.51. The molecule has 3 rings (SSSR count). The van der Waals surface area contributed by atoms with Gasteiger partial charge in [-0.2, -0.15) is 0 Å². The van der Waals surface area contributed by atoms with Crippen molar-refractivity contribution in [3.63, 3.8) is 0 Å². The lowest BCUT2D eigenvalue weighted by atomic mass is 10.0. The molecule has 0 bridgehead atoms. The van der Waals surface area contributed by atoms with Gasteiger partial charge in [0.2, 0.25) is 17.7 Å². The Bertz CT molecular complexity index is 1260. The summed E-state index contributed by atoms with van der Waals surface area (Å²) in [6, 6.07) is 6.07. The van der Waals surface area contributed by atoms with Crippen LogP contribution in [0.25, 0.3) is 0 Å². The number of hydrogen-bond acceptors (Lipinski definition) is 5. The minimum Gasteiger partial charge on any atom is -0.497 e. The first-order valence-electron chi connectivity index (χ1n) is 12.2. The van der Waals surface area contributed by atoms with Crippen molar-refractivity contribution in [2.24, 2.45) is 5.73 Å². The van der Waals surface area contributed by atoms with Crippen molar-refractivity contribution in [3.05, 3.63) is 71.3 Å². The van der Waals surface area contributed by atoms with Gasteiger partial charge in [-0.15, -0.1) is 0 Å². The molecule has 1 saturated heterocycles. The summed E-state index contributed by atoms with van der Waals surface area (Å²) in [5.41, 5.74) is 6.75. The lowest BCUT2D eigenvalue weighted by molar-refractivity contribution is -0.136. The number of nitrogens with two attached hydrogens (primary N) is 1. The Hall–Kier alpha value is -4.48. The molecule has 10 nitrogen and oxygen atoms in total. The highest BCUT2D eigenvalue weighted by atomic mass is 19.1. The number of carbonyl (C=O) groups is 4. The van der Waals surface area contributed by atoms with E-state index >= 15 is 0 Å². The van der Waals surface area contributed by atoms with Crippen LogP contribution < -0.4 is 26.4 Å². The van der Waals surface area contributed by atoms with Gasteiger partial charge in [-0.05, 0) is 50.1 Å². The minimum atomic E-state index is -1.05. The molecule has 2 aromatic rings. The predicted molar refractivity (Wildman–Crippen MR) is 140 cm³/mol. The van der Waals surface area contributed by atoms with E-state index in [-0.39, 0.29) is 25.1 Å². The highest BCUT2D eigenvalue weighted by Crippen LogP contribution is 2.21. The summed E-state index contributed by atoms with van der Waals surface area (Å²) in [5.74, 6) is -2.94. The van der Waals surface area contributed by atoms with E-state index in [0.717, 1.165) is 17.7 Å². The van der Waals surface area contributed by atoms with Gasteiger partial charge in [0, 0.05) is 25.1 Å². The maximum Gasteiger partial charge on any atom is 0.319 e. The number of anilines is 1. The molecule has 2 aromatic carbocycles. The average Bonchev–Trinajstić information content (AvgIpc) is 3.29. The summed E-state index contributed by atoms with van der Waals surface area (Å²) in [5, 5.41) is 7.53. The van der Waals surface area contributed by atoms with Crippen molar-refractivity contribution in [3.8, 4) is 5.75 Å². The first-order valence-corrected chi connectivity index (χ1v) is 12.2. The normalized spacial score (nSPS) is 17.1. The van der Waals surface area contributed by atoms with Gasteiger partial charge < -0.3 is 31.3 Å². The molecule has 5 amide bonds. The summed E-state index contributed by atoms with van der Waals surface area (Å²) < 4.78 is 32.2. The van der Waals surface area contributed by atoms with Crippen molar-refractivity contribution in [2.75, 3.05) is 19.0 Å². The second kappa shape index (κ2) is 12.9. The zero-order valence-corrected chi connectivity index (χ0v) is 21.8. The number of amides is 5. The van der Waals surface area contributed by atoms with E-state index in [1.54, 1.807) is 38.1 Å². The van der Waals surface area contributed by atoms with Crippen LogP contribution in [0.2, 0.25) is 0 Å². The molecule has 208 valence electrons. The number of halogens is 2. The number of ether oxygens (including phenoxy) is 1. The van der Waals surface area contributed by atoms with Gasteiger partial charge in [-0.25, -0.2) is 13.6 Å². The van der Waals surface area contributed by atoms with E-state index in [0.29, 0.717) is 17.4 Å². The van der Waals surface area contributed by atoms with Gasteiger partial charge in [0.1, 0.15) is 29.5 Å². The summed E-state index contributed by atoms with van der Waals surface area (Å²) in [4.78, 5) is 52.1. The maximum atomic E-state index is 13.9. The van der Waals surface area contributed by atoms with Gasteiger partial charge in [-0.1, -0.05) is 17.7 Å². The number of methoxy groups -OCH3 is 1. The zero-order valence-electron chi connectivity index (χ0n) is 21.8. The molecule has 5 N–H and O–H groups in total. The number of allylic oxidation sites excluding steroid dienone is 1. The number of nitrogens with one attached hydrogen (secondary N) is 3. The van der Waals surface area contributed by atoms with E-state index in [9.17, 15) is 28.0 Å². The van der Waals surface area contributed by atoms with Gasteiger partial charge in [0.25, 0.3) is 0 Å². The van der Waals surface area contributed by atoms with Crippen molar-refractivity contribution in [1.29, 1.82) is 0 Å². The topological polar surface area (TPSA) is 143 Å². The number of hydrogen-bond donors (Lipinski definition) is 4. The molecule has 0 spiro atoms. The Morgan fingerprint density at radius 2 is 1.82 bits per heavy atom. The third-order valence-corrected chi connectivity index (χ3v) is 6.07. The minimum absolute atomic E-state index is 0.0141. The second-order valence-corrected chi connectivity index (χ2v) is 9.40. The molecular formula is C27H31F2N5O5. The van der Waals surface area contributed by atoms with E-state index in [4.69, 9.17) is 10.5 Å². The zero-order chi connectivity index (χ0) is 28.7. The smallest absolute Gasteiger partial charge is 0.319 e. The Balaban J connectivity index is 1.72. The van der Waals surface area contributed by atoms with Crippen LogP contribution in [0.1, 0.15) is 25.8 Å². The molecule has 0 saturated carbocycles. The Morgan fingerprint density at radius 1 is 1.13 bits per heavy atom. The predicted octanol–water partition coefficient (Wildman–Crippen LogP) is 2.24. The first kappa shape index (κ1) is 29.1. The van der Waals surface area contributed by atoms with Crippen molar-refractivity contribution in [2.45, 2.75) is 44.8 Å². The largest absolute Gasteiger partial charge is 0.497 e. The van der Waals surface area contributed by atoms with E-state index in [1.165, 1.54) is 18.1 Å². The number of carbonyl (C=O) groups excluding carboxylic acids is 4. The van der Waals surface area contributed by atoms with Crippen LogP contribution in [-0.2, 0) is 20.8 Å². The van der Waals surface area contributed by atoms with Crippen LogP contribution >= 0.6 is 0 Å². The number of likely N-dealkylation sites (tertiary alicyclic amines) is 1. The van der Waals surface area contributed by atoms with Crippen LogP contribution in [0.3, 0.4) is 0 Å². The number of urea groups is 1. The third kappa shape index (κ3) is 8.00. The fourth-order valence-corrected chi connectivity index (χ4v) is 4.19. The molecule has 0 aromatic heterocycles. The molecule has 39 heavy (non-hydrogen) atoms. The fraction of sp³-hybridized carbons (Fsp3) is 0.333. The molecule has 1 heterocycles. The molecule has 3 atom stereocenters. The number of primary amides is 1. The molecule has 0 unspecified atom stereocenters. The van der Waals surface area contributed by atoms with Crippen molar-refractivity contribution >= 4 is 29.4 Å². The lowest BCUT2D eigenvalue weighted by Gasteiger charge is -2.25. The highest BCUT2D eigenvalue weighted by molar-refractivity contribution is 5.96. The molecule has 1 aliphatic heterocycles. The van der Waals surface area contributed by atoms with Crippen molar-refractivity contribution in [1.82, 2.24) is 15.5 Å². The molecule has 1 fully saturated rings. The van der Waals surface area contributed by atoms with Gasteiger partial charge in [0.05, 0.1) is 18.8 Å². The first-order chi connectivity index (χ1) is 18.5. The van der Waals surface area contributed by atoms with Crippen molar-refractivity contribution < 1.29 is 32.7 Å². The van der Waals surface area contributed by atoms with Gasteiger partial charge >= 0.3 is 6.03 Å². The lowest BCUT2D eigenvalue weighted by Crippen LogP contribution is -2.52. The van der Waals surface area contributed by atoms with E-state index in [2.05, 4.69) is 16.0 Å². The van der Waals surface area contributed by atoms with Gasteiger partial charge in [0.15, 0.2) is 0 Å². The number of benzene rings is 2. The van der Waals surface area contributed by atoms with Crippen LogP contribution in [0.15, 0.2) is 54.1 Å². The molecular weight excluding hydrogens is 512 g/mol.